The number of aromatic hydroxyl groups is 1. The molecular formula is C34H35N3O5S. The van der Waals surface area contributed by atoms with Gasteiger partial charge < -0.3 is 14.8 Å². The van der Waals surface area contributed by atoms with Crippen LogP contribution in [-0.2, 0) is 19.6 Å². The van der Waals surface area contributed by atoms with Gasteiger partial charge in [0.25, 0.3) is 0 Å². The maximum atomic E-state index is 13.7. The van der Waals surface area contributed by atoms with E-state index in [1.165, 1.54) is 27.6 Å². The number of sulfonamides is 1. The molecule has 222 valence electrons. The summed E-state index contributed by atoms with van der Waals surface area (Å²) in [6, 6.07) is 20.0. The van der Waals surface area contributed by atoms with Crippen LogP contribution in [0.1, 0.15) is 44.7 Å². The number of esters is 1. The highest BCUT2D eigenvalue weighted by Gasteiger charge is 2.41. The maximum Gasteiger partial charge on any atom is 0.324 e. The minimum atomic E-state index is -4.09. The van der Waals surface area contributed by atoms with Crippen LogP contribution in [0.4, 0.5) is 0 Å². The fourth-order valence-electron chi connectivity index (χ4n) is 5.70. The third-order valence-electron chi connectivity index (χ3n) is 7.99. The quantitative estimate of drug-likeness (QED) is 0.214. The number of carbonyl (C=O) groups excluding carboxylic acids is 1. The summed E-state index contributed by atoms with van der Waals surface area (Å²) >= 11 is 0. The molecule has 0 spiro atoms. The van der Waals surface area contributed by atoms with Crippen molar-refractivity contribution in [1.29, 1.82) is 0 Å². The van der Waals surface area contributed by atoms with Gasteiger partial charge in [-0.15, -0.1) is 0 Å². The van der Waals surface area contributed by atoms with Crippen molar-refractivity contribution in [3.8, 4) is 28.3 Å². The summed E-state index contributed by atoms with van der Waals surface area (Å²) < 4.78 is 34.2. The number of aromatic nitrogens is 2. The summed E-state index contributed by atoms with van der Waals surface area (Å²) in [5.41, 5.74) is 6.06. The van der Waals surface area contributed by atoms with Crippen LogP contribution in [0.15, 0.2) is 71.6 Å². The number of nitrogens with one attached hydrogen (secondary N) is 1. The van der Waals surface area contributed by atoms with Crippen LogP contribution in [0.2, 0.25) is 0 Å². The summed E-state index contributed by atoms with van der Waals surface area (Å²) in [4.78, 5) is 21.0. The second kappa shape index (κ2) is 10.5. The minimum absolute atomic E-state index is 0.0795. The standard InChI is InChI=1S/C34H35N3O5S/c1-20-11-12-23(16-21(20)2)22-8-6-9-25(17-22)32-35-27-14-13-24-18-26(19-29(38)30(24)31(27)36-32)43(40,41)37-15-7-10-28(37)33(39)42-34(3,4)5/h6,8-9,11-14,16-19,28,38H,7,10,15H2,1-5H3,(H,35,36). The number of aromatic amines is 1. The van der Waals surface area contributed by atoms with Crippen LogP contribution in [0, 0.1) is 13.8 Å². The van der Waals surface area contributed by atoms with Gasteiger partial charge in [0.2, 0.25) is 10.0 Å². The van der Waals surface area contributed by atoms with Crippen molar-refractivity contribution in [1.82, 2.24) is 14.3 Å². The molecule has 5 aromatic rings. The minimum Gasteiger partial charge on any atom is -0.507 e. The highest BCUT2D eigenvalue weighted by Crippen LogP contribution is 2.37. The third-order valence-corrected chi connectivity index (χ3v) is 9.87. The predicted octanol–water partition coefficient (Wildman–Crippen LogP) is 6.87. The summed E-state index contributed by atoms with van der Waals surface area (Å²) in [6.07, 6.45) is 0.930. The van der Waals surface area contributed by atoms with E-state index >= 15 is 0 Å². The monoisotopic (exact) mass is 597 g/mol. The van der Waals surface area contributed by atoms with Crippen LogP contribution >= 0.6 is 0 Å². The molecule has 1 atom stereocenters. The molecule has 2 N–H and O–H groups in total. The van der Waals surface area contributed by atoms with Crippen LogP contribution in [-0.4, -0.2) is 52.0 Å². The molecule has 0 aliphatic carbocycles. The molecule has 9 heteroatoms. The number of ether oxygens (including phenoxy) is 1. The Morgan fingerprint density at radius 2 is 1.72 bits per heavy atom. The Labute approximate surface area is 251 Å². The highest BCUT2D eigenvalue weighted by molar-refractivity contribution is 7.89. The van der Waals surface area contributed by atoms with E-state index in [0.29, 0.717) is 35.0 Å². The second-order valence-electron chi connectivity index (χ2n) is 12.3. The summed E-state index contributed by atoms with van der Waals surface area (Å²) in [5.74, 6) is -0.121. The van der Waals surface area contributed by atoms with Crippen molar-refractivity contribution in [2.75, 3.05) is 6.54 Å². The summed E-state index contributed by atoms with van der Waals surface area (Å²) in [5, 5.41) is 12.2. The van der Waals surface area contributed by atoms with Crippen molar-refractivity contribution >= 4 is 37.8 Å². The van der Waals surface area contributed by atoms with Crippen molar-refractivity contribution in [2.45, 2.75) is 64.0 Å². The molecule has 0 amide bonds. The first kappa shape index (κ1) is 28.9. The number of aryl methyl sites for hydroxylation is 2. The molecule has 1 aromatic heterocycles. The van der Waals surface area contributed by atoms with E-state index in [1.807, 2.05) is 18.2 Å². The number of phenolic OH excluding ortho intramolecular Hbond substituents is 1. The van der Waals surface area contributed by atoms with E-state index in [2.05, 4.69) is 49.2 Å². The Kier molecular flexibility index (Phi) is 7.06. The van der Waals surface area contributed by atoms with Gasteiger partial charge in [0.15, 0.2) is 0 Å². The smallest absolute Gasteiger partial charge is 0.324 e. The number of H-pyrrole nitrogens is 1. The third kappa shape index (κ3) is 5.39. The zero-order valence-electron chi connectivity index (χ0n) is 24.9. The van der Waals surface area contributed by atoms with Gasteiger partial charge in [-0.1, -0.05) is 42.5 Å². The van der Waals surface area contributed by atoms with E-state index in [9.17, 15) is 18.3 Å². The molecule has 1 saturated heterocycles. The van der Waals surface area contributed by atoms with Gasteiger partial charge in [0.05, 0.1) is 15.8 Å². The number of hydrogen-bond donors (Lipinski definition) is 2. The van der Waals surface area contributed by atoms with Crippen molar-refractivity contribution in [3.63, 3.8) is 0 Å². The number of rotatable bonds is 5. The first-order chi connectivity index (χ1) is 20.3. The average molecular weight is 598 g/mol. The van der Waals surface area contributed by atoms with Crippen molar-refractivity contribution < 1.29 is 23.1 Å². The van der Waals surface area contributed by atoms with Gasteiger partial charge in [-0.25, -0.2) is 13.4 Å². The number of hydrogen-bond acceptors (Lipinski definition) is 6. The first-order valence-electron chi connectivity index (χ1n) is 14.4. The fourth-order valence-corrected chi connectivity index (χ4v) is 7.41. The molecule has 0 saturated carbocycles. The number of phenols is 1. The first-order valence-corrected chi connectivity index (χ1v) is 15.8. The summed E-state index contributed by atoms with van der Waals surface area (Å²) in [6.45, 7) is 9.65. The van der Waals surface area contributed by atoms with Crippen LogP contribution in [0.3, 0.4) is 0 Å². The van der Waals surface area contributed by atoms with E-state index in [1.54, 1.807) is 26.8 Å². The lowest BCUT2D eigenvalue weighted by molar-refractivity contribution is -0.158. The van der Waals surface area contributed by atoms with Crippen LogP contribution < -0.4 is 0 Å². The topological polar surface area (TPSA) is 113 Å². The zero-order valence-corrected chi connectivity index (χ0v) is 25.7. The lowest BCUT2D eigenvalue weighted by Crippen LogP contribution is -2.43. The van der Waals surface area contributed by atoms with Crippen molar-refractivity contribution in [2.24, 2.45) is 0 Å². The van der Waals surface area contributed by atoms with Gasteiger partial charge in [-0.3, -0.25) is 4.79 Å². The van der Waals surface area contributed by atoms with Crippen LogP contribution in [0.5, 0.6) is 5.75 Å². The van der Waals surface area contributed by atoms with Gasteiger partial charge in [0.1, 0.15) is 28.7 Å². The molecule has 1 aliphatic rings. The number of benzene rings is 4. The van der Waals surface area contributed by atoms with Crippen LogP contribution in [0.25, 0.3) is 44.3 Å². The zero-order chi connectivity index (χ0) is 30.7. The Morgan fingerprint density at radius 3 is 2.47 bits per heavy atom. The molecule has 1 fully saturated rings. The Hall–Kier alpha value is -4.21. The molecule has 2 heterocycles. The number of fused-ring (bicyclic) bond motifs is 3. The second-order valence-corrected chi connectivity index (χ2v) is 14.2. The van der Waals surface area contributed by atoms with E-state index in [0.717, 1.165) is 22.2 Å². The fraction of sp³-hybridized carbons (Fsp3) is 0.294. The molecule has 1 aliphatic heterocycles. The normalized spacial score (nSPS) is 16.3. The van der Waals surface area contributed by atoms with Gasteiger partial charge in [0, 0.05) is 18.2 Å². The number of imidazole rings is 1. The molecule has 1 unspecified atom stereocenters. The highest BCUT2D eigenvalue weighted by atomic mass is 32.2. The molecule has 43 heavy (non-hydrogen) atoms. The van der Waals surface area contributed by atoms with Crippen molar-refractivity contribution in [3.05, 3.63) is 77.9 Å². The molecular weight excluding hydrogens is 562 g/mol. The molecule has 8 nitrogen and oxygen atoms in total. The van der Waals surface area contributed by atoms with Gasteiger partial charge in [-0.2, -0.15) is 4.31 Å². The summed E-state index contributed by atoms with van der Waals surface area (Å²) in [7, 11) is -4.09. The predicted molar refractivity (Wildman–Crippen MR) is 168 cm³/mol. The van der Waals surface area contributed by atoms with E-state index < -0.39 is 27.6 Å². The number of carbonyl (C=O) groups is 1. The maximum absolute atomic E-state index is 13.7. The molecule has 0 bridgehead atoms. The van der Waals surface area contributed by atoms with E-state index in [4.69, 9.17) is 9.72 Å². The van der Waals surface area contributed by atoms with E-state index in [-0.39, 0.29) is 17.2 Å². The molecule has 4 aromatic carbocycles. The SMILES string of the molecule is Cc1ccc(-c2cccc(-c3nc4c(ccc5cc(S(=O)(=O)N6CCCC6C(=O)OC(C)(C)C)cc(O)c54)[nH]3)c2)cc1C. The lowest BCUT2D eigenvalue weighted by Gasteiger charge is -2.27. The Bertz CT molecular complexity index is 2010. The molecule has 0 radical (unpaired) electrons. The molecule has 6 rings (SSSR count). The van der Waals surface area contributed by atoms with Gasteiger partial charge in [-0.05, 0) is 93.3 Å². The largest absolute Gasteiger partial charge is 0.507 e. The average Bonchev–Trinajstić information content (AvgIpc) is 3.62. The number of nitrogens with zero attached hydrogens (tertiary/aromatic N) is 2. The Morgan fingerprint density at radius 1 is 0.977 bits per heavy atom. The Balaban J connectivity index is 1.37. The van der Waals surface area contributed by atoms with Gasteiger partial charge >= 0.3 is 5.97 Å². The lowest BCUT2D eigenvalue weighted by atomic mass is 9.99.